The number of hydrogen-bond acceptors (Lipinski definition) is 6. The molecular weight excluding hydrogens is 340 g/mol. The largest absolute Gasteiger partial charge is 0.399 e. The third-order valence-corrected chi connectivity index (χ3v) is 4.43. The zero-order valence-corrected chi connectivity index (χ0v) is 14.2. The van der Waals surface area contributed by atoms with Crippen LogP contribution in [-0.4, -0.2) is 25.1 Å². The number of rotatable bonds is 3. The average Bonchev–Trinajstić information content (AvgIpc) is 3.27. The molecule has 27 heavy (non-hydrogen) atoms. The van der Waals surface area contributed by atoms with Gasteiger partial charge in [0.2, 0.25) is 5.95 Å². The van der Waals surface area contributed by atoms with Gasteiger partial charge in [0, 0.05) is 45.1 Å². The standard InChI is InChI=1S/C19H16N8/c20-12-1-2-15-10(5-12)7-16(25-15)14-8-13(6-11-9-23-27-18(11)14)24-17-3-4-22-19(21)26-17/h1-9,25H,20H2,(H,23,27)(H3,21,22,24,26). The Balaban J connectivity index is 1.65. The third kappa shape index (κ3) is 2.69. The molecule has 0 amide bonds. The summed E-state index contributed by atoms with van der Waals surface area (Å²) in [4.78, 5) is 11.6. The van der Waals surface area contributed by atoms with E-state index in [1.54, 1.807) is 18.5 Å². The first-order chi connectivity index (χ1) is 13.2. The summed E-state index contributed by atoms with van der Waals surface area (Å²) in [5, 5.41) is 12.6. The molecule has 8 heteroatoms. The minimum atomic E-state index is 0.220. The van der Waals surface area contributed by atoms with Crippen LogP contribution in [0.15, 0.2) is 54.9 Å². The number of aromatic amines is 2. The van der Waals surface area contributed by atoms with Gasteiger partial charge in [0.05, 0.1) is 11.7 Å². The van der Waals surface area contributed by atoms with Gasteiger partial charge in [-0.2, -0.15) is 10.1 Å². The lowest BCUT2D eigenvalue weighted by atomic mass is 10.1. The highest BCUT2D eigenvalue weighted by Crippen LogP contribution is 2.33. The fourth-order valence-electron chi connectivity index (χ4n) is 3.23. The van der Waals surface area contributed by atoms with Gasteiger partial charge in [0.25, 0.3) is 0 Å². The lowest BCUT2D eigenvalue weighted by molar-refractivity contribution is 1.12. The lowest BCUT2D eigenvalue weighted by Crippen LogP contribution is -1.99. The molecule has 0 saturated heterocycles. The van der Waals surface area contributed by atoms with Crippen LogP contribution in [0.2, 0.25) is 0 Å². The summed E-state index contributed by atoms with van der Waals surface area (Å²) < 4.78 is 0. The predicted octanol–water partition coefficient (Wildman–Crippen LogP) is 3.41. The molecule has 2 aromatic carbocycles. The van der Waals surface area contributed by atoms with Gasteiger partial charge in [-0.25, -0.2) is 4.98 Å². The van der Waals surface area contributed by atoms with Crippen LogP contribution in [-0.2, 0) is 0 Å². The molecule has 0 unspecified atom stereocenters. The molecule has 7 N–H and O–H groups in total. The van der Waals surface area contributed by atoms with Crippen LogP contribution in [0, 0.1) is 0 Å². The van der Waals surface area contributed by atoms with Crippen LogP contribution < -0.4 is 16.8 Å². The van der Waals surface area contributed by atoms with Crippen molar-refractivity contribution in [3.63, 3.8) is 0 Å². The van der Waals surface area contributed by atoms with E-state index in [0.29, 0.717) is 5.82 Å². The minimum absolute atomic E-state index is 0.220. The van der Waals surface area contributed by atoms with Crippen molar-refractivity contribution >= 4 is 44.9 Å². The van der Waals surface area contributed by atoms with Crippen LogP contribution in [0.4, 0.5) is 23.1 Å². The van der Waals surface area contributed by atoms with Crippen molar-refractivity contribution in [3.8, 4) is 11.3 Å². The van der Waals surface area contributed by atoms with Crippen molar-refractivity contribution in [1.82, 2.24) is 25.1 Å². The first kappa shape index (κ1) is 15.2. The fourth-order valence-corrected chi connectivity index (χ4v) is 3.23. The second-order valence-electron chi connectivity index (χ2n) is 6.31. The quantitative estimate of drug-likeness (QED) is 0.314. The SMILES string of the molecule is Nc1ccc2[nH]c(-c3cc(Nc4ccnc(N)n4)cc4cn[nH]c34)cc2c1. The number of fused-ring (bicyclic) bond motifs is 2. The Kier molecular flexibility index (Phi) is 3.23. The molecule has 0 atom stereocenters. The minimum Gasteiger partial charge on any atom is -0.399 e. The van der Waals surface area contributed by atoms with E-state index >= 15 is 0 Å². The molecule has 0 aliphatic carbocycles. The van der Waals surface area contributed by atoms with Crippen molar-refractivity contribution in [2.75, 3.05) is 16.8 Å². The molecule has 0 spiro atoms. The van der Waals surface area contributed by atoms with E-state index in [1.165, 1.54) is 0 Å². The van der Waals surface area contributed by atoms with E-state index in [-0.39, 0.29) is 5.95 Å². The number of aromatic nitrogens is 5. The molecule has 0 radical (unpaired) electrons. The average molecular weight is 356 g/mol. The number of nitrogens with zero attached hydrogens (tertiary/aromatic N) is 3. The van der Waals surface area contributed by atoms with Gasteiger partial charge in [0.1, 0.15) is 5.82 Å². The second kappa shape index (κ2) is 5.73. The molecule has 3 aromatic heterocycles. The van der Waals surface area contributed by atoms with E-state index in [4.69, 9.17) is 11.5 Å². The summed E-state index contributed by atoms with van der Waals surface area (Å²) in [6.45, 7) is 0. The Bertz CT molecular complexity index is 1280. The molecule has 0 fully saturated rings. The summed E-state index contributed by atoms with van der Waals surface area (Å²) in [5.74, 6) is 0.846. The summed E-state index contributed by atoms with van der Waals surface area (Å²) in [6, 6.07) is 13.7. The monoisotopic (exact) mass is 356 g/mol. The van der Waals surface area contributed by atoms with E-state index in [2.05, 4.69) is 36.5 Å². The fraction of sp³-hybridized carbons (Fsp3) is 0. The molecule has 132 valence electrons. The van der Waals surface area contributed by atoms with Gasteiger partial charge in [-0.15, -0.1) is 0 Å². The Morgan fingerprint density at radius 3 is 2.78 bits per heavy atom. The van der Waals surface area contributed by atoms with Crippen LogP contribution in [0.1, 0.15) is 0 Å². The first-order valence-corrected chi connectivity index (χ1v) is 8.37. The number of nitrogens with two attached hydrogens (primary N) is 2. The number of nitrogens with one attached hydrogen (secondary N) is 3. The Morgan fingerprint density at radius 1 is 0.963 bits per heavy atom. The van der Waals surface area contributed by atoms with E-state index in [0.717, 1.165) is 44.4 Å². The zero-order chi connectivity index (χ0) is 18.4. The lowest BCUT2D eigenvalue weighted by Gasteiger charge is -2.09. The van der Waals surface area contributed by atoms with Crippen molar-refractivity contribution in [1.29, 1.82) is 0 Å². The summed E-state index contributed by atoms with van der Waals surface area (Å²) in [7, 11) is 0. The molecule has 5 rings (SSSR count). The topological polar surface area (TPSA) is 134 Å². The number of hydrogen-bond donors (Lipinski definition) is 5. The summed E-state index contributed by atoms with van der Waals surface area (Å²) >= 11 is 0. The Labute approximate surface area is 153 Å². The smallest absolute Gasteiger partial charge is 0.221 e. The maximum absolute atomic E-state index is 5.91. The number of benzene rings is 2. The highest BCUT2D eigenvalue weighted by atomic mass is 15.1. The molecule has 0 saturated carbocycles. The van der Waals surface area contributed by atoms with Crippen molar-refractivity contribution < 1.29 is 0 Å². The highest BCUT2D eigenvalue weighted by molar-refractivity contribution is 5.99. The Hall–Kier alpha value is -4.07. The molecule has 5 aromatic rings. The van der Waals surface area contributed by atoms with Gasteiger partial charge >= 0.3 is 0 Å². The molecule has 0 aliphatic rings. The maximum atomic E-state index is 5.91. The van der Waals surface area contributed by atoms with Gasteiger partial charge in [-0.05, 0) is 42.5 Å². The van der Waals surface area contributed by atoms with Crippen molar-refractivity contribution in [2.24, 2.45) is 0 Å². The van der Waals surface area contributed by atoms with Crippen LogP contribution in [0.5, 0.6) is 0 Å². The number of H-pyrrole nitrogens is 2. The predicted molar refractivity (Wildman–Crippen MR) is 108 cm³/mol. The maximum Gasteiger partial charge on any atom is 0.221 e. The Morgan fingerprint density at radius 2 is 1.89 bits per heavy atom. The molecule has 3 heterocycles. The van der Waals surface area contributed by atoms with Gasteiger partial charge < -0.3 is 21.8 Å². The summed E-state index contributed by atoms with van der Waals surface area (Å²) in [6.07, 6.45) is 3.41. The molecular formula is C19H16N8. The highest BCUT2D eigenvalue weighted by Gasteiger charge is 2.12. The van der Waals surface area contributed by atoms with Gasteiger partial charge in [0.15, 0.2) is 0 Å². The van der Waals surface area contributed by atoms with Crippen LogP contribution in [0.3, 0.4) is 0 Å². The van der Waals surface area contributed by atoms with E-state index in [9.17, 15) is 0 Å². The molecule has 0 bridgehead atoms. The van der Waals surface area contributed by atoms with Crippen molar-refractivity contribution in [2.45, 2.75) is 0 Å². The third-order valence-electron chi connectivity index (χ3n) is 4.43. The van der Waals surface area contributed by atoms with Crippen molar-refractivity contribution in [3.05, 3.63) is 54.9 Å². The molecule has 0 aliphatic heterocycles. The number of anilines is 4. The van der Waals surface area contributed by atoms with Crippen LogP contribution >= 0.6 is 0 Å². The zero-order valence-electron chi connectivity index (χ0n) is 14.2. The first-order valence-electron chi connectivity index (χ1n) is 8.37. The summed E-state index contributed by atoms with van der Waals surface area (Å²) in [5.41, 5.74) is 17.1. The normalized spacial score (nSPS) is 11.3. The van der Waals surface area contributed by atoms with Gasteiger partial charge in [-0.1, -0.05) is 0 Å². The van der Waals surface area contributed by atoms with Crippen LogP contribution in [0.25, 0.3) is 33.1 Å². The number of nitrogen functional groups attached to an aromatic ring is 2. The van der Waals surface area contributed by atoms with Gasteiger partial charge in [-0.3, -0.25) is 5.10 Å². The van der Waals surface area contributed by atoms with E-state index < -0.39 is 0 Å². The van der Waals surface area contributed by atoms with E-state index in [1.807, 2.05) is 30.3 Å². The molecule has 8 nitrogen and oxygen atoms in total. The second-order valence-corrected chi connectivity index (χ2v) is 6.31.